The number of hydrogen-bond acceptors (Lipinski definition) is 8. The molecule has 3 amide bonds. The lowest BCUT2D eigenvalue weighted by atomic mass is 10.0. The Hall–Kier alpha value is -3.65. The van der Waals surface area contributed by atoms with Crippen molar-refractivity contribution in [3.8, 4) is 0 Å². The molecular weight excluding hydrogens is 528 g/mol. The number of methoxy groups -OCH3 is 1. The predicted octanol–water partition coefficient (Wildman–Crippen LogP) is 3.21. The van der Waals surface area contributed by atoms with E-state index in [-0.39, 0.29) is 24.3 Å². The van der Waals surface area contributed by atoms with E-state index in [4.69, 9.17) is 19.1 Å². The maximum Gasteiger partial charge on any atom is 0.318 e. The van der Waals surface area contributed by atoms with Gasteiger partial charge in [-0.2, -0.15) is 0 Å². The van der Waals surface area contributed by atoms with E-state index in [1.54, 1.807) is 18.2 Å². The van der Waals surface area contributed by atoms with Crippen LogP contribution in [0.3, 0.4) is 0 Å². The summed E-state index contributed by atoms with van der Waals surface area (Å²) in [5, 5.41) is 13.0. The molecule has 0 radical (unpaired) electrons. The Bertz CT molecular complexity index is 1400. The summed E-state index contributed by atoms with van der Waals surface area (Å²) in [5.74, 6) is -2.86. The van der Waals surface area contributed by atoms with Crippen LogP contribution in [0.1, 0.15) is 78.2 Å². The normalized spacial score (nSPS) is 21.2. The molecule has 0 spiro atoms. The molecule has 3 N–H and O–H groups in total. The quantitative estimate of drug-likeness (QED) is 0.325. The largest absolute Gasteiger partial charge is 0.382 e. The Morgan fingerprint density at radius 3 is 2.80 bits per heavy atom. The molecule has 2 aliphatic carbocycles. The summed E-state index contributed by atoms with van der Waals surface area (Å²) in [6, 6.07) is 3.26. The van der Waals surface area contributed by atoms with Gasteiger partial charge in [0.25, 0.3) is 11.8 Å². The molecule has 3 atom stereocenters. The highest BCUT2D eigenvalue weighted by Crippen LogP contribution is 2.40. The molecule has 0 bridgehead atoms. The number of benzene rings is 1. The Balaban J connectivity index is 1.29. The number of amides is 3. The van der Waals surface area contributed by atoms with Crippen LogP contribution in [-0.2, 0) is 9.47 Å². The van der Waals surface area contributed by atoms with E-state index in [0.717, 1.165) is 30.6 Å². The van der Waals surface area contributed by atoms with Crippen LogP contribution in [0.4, 0.5) is 13.6 Å². The minimum Gasteiger partial charge on any atom is -0.382 e. The van der Waals surface area contributed by atoms with Crippen LogP contribution in [0.5, 0.6) is 0 Å². The maximum absolute atomic E-state index is 14.2. The van der Waals surface area contributed by atoms with Gasteiger partial charge in [-0.15, -0.1) is 0 Å². The number of nitrogens with zero attached hydrogens (tertiary/aromatic N) is 4. The minimum atomic E-state index is -3.06. The number of H-pyrrole nitrogens is 1. The van der Waals surface area contributed by atoms with Crippen LogP contribution in [0.2, 0.25) is 0 Å². The number of fused-ring (bicyclic) bond motifs is 1. The van der Waals surface area contributed by atoms with Gasteiger partial charge in [0.15, 0.2) is 5.69 Å². The number of aromatic nitrogens is 4. The molecule has 0 unspecified atom stereocenters. The van der Waals surface area contributed by atoms with E-state index >= 15 is 0 Å². The highest BCUT2D eigenvalue weighted by Gasteiger charge is 2.42. The van der Waals surface area contributed by atoms with Crippen molar-refractivity contribution in [2.24, 2.45) is 0 Å². The van der Waals surface area contributed by atoms with Crippen molar-refractivity contribution in [3.63, 3.8) is 0 Å². The first-order valence-electron chi connectivity index (χ1n) is 13.4. The number of imidazole rings is 1. The van der Waals surface area contributed by atoms with Crippen molar-refractivity contribution in [1.29, 1.82) is 0 Å². The van der Waals surface area contributed by atoms with Gasteiger partial charge in [0.05, 0.1) is 49.0 Å². The molecule has 3 heterocycles. The van der Waals surface area contributed by atoms with Gasteiger partial charge in [0, 0.05) is 13.0 Å². The van der Waals surface area contributed by atoms with Crippen LogP contribution >= 0.6 is 0 Å². The molecule has 3 aliphatic rings. The SMILES string of the molecule is COC[C@H](c1ccc2nc([C@@H](NC(=O)c3nonc3C3CC3)[C@@H](C)OC3CC3)[nH]c2c1)N1CC(F)(F)CNC1=O. The number of aromatic amines is 1. The molecular formula is C26H31F2N7O5. The molecule has 14 heteroatoms. The van der Waals surface area contributed by atoms with Crippen molar-refractivity contribution < 1.29 is 32.5 Å². The fourth-order valence-electron chi connectivity index (χ4n) is 5.04. The second-order valence-corrected chi connectivity index (χ2v) is 10.8. The predicted molar refractivity (Wildman–Crippen MR) is 136 cm³/mol. The first kappa shape index (κ1) is 26.6. The number of ether oxygens (including phenoxy) is 2. The second-order valence-electron chi connectivity index (χ2n) is 10.8. The molecule has 1 aliphatic heterocycles. The fraction of sp³-hybridized carbons (Fsp3) is 0.577. The van der Waals surface area contributed by atoms with Gasteiger partial charge >= 0.3 is 6.03 Å². The molecule has 214 valence electrons. The van der Waals surface area contributed by atoms with Gasteiger partial charge in [0.1, 0.15) is 17.6 Å². The molecule has 2 saturated carbocycles. The van der Waals surface area contributed by atoms with Crippen LogP contribution in [0.15, 0.2) is 22.8 Å². The van der Waals surface area contributed by atoms with Crippen molar-refractivity contribution in [3.05, 3.63) is 41.0 Å². The second kappa shape index (κ2) is 10.4. The molecule has 3 fully saturated rings. The monoisotopic (exact) mass is 559 g/mol. The summed E-state index contributed by atoms with van der Waals surface area (Å²) in [5.41, 5.74) is 2.52. The van der Waals surface area contributed by atoms with Gasteiger partial charge in [-0.3, -0.25) is 4.79 Å². The van der Waals surface area contributed by atoms with Crippen molar-refractivity contribution in [2.45, 2.75) is 68.7 Å². The molecule has 2 aromatic heterocycles. The Labute approximate surface area is 228 Å². The third-order valence-corrected chi connectivity index (χ3v) is 7.45. The standard InChI is InChI=1S/C26H31F2N7O5/c1-13(39-16-6-7-16)20(32-24(36)22-21(14-3-4-14)33-40-34-22)23-30-17-8-5-15(9-18(17)31-23)19(10-38-2)35-12-26(27,28)11-29-25(35)37/h5,8-9,13-14,16,19-20H,3-4,6-7,10-12H2,1-2H3,(H,29,37)(H,30,31)(H,32,36)/t13-,19-,20+/m1/s1. The number of hydrogen-bond donors (Lipinski definition) is 3. The topological polar surface area (TPSA) is 147 Å². The summed E-state index contributed by atoms with van der Waals surface area (Å²) >= 11 is 0. The minimum absolute atomic E-state index is 0.0238. The molecule has 3 aromatic rings. The van der Waals surface area contributed by atoms with Gasteiger partial charge in [-0.25, -0.2) is 23.2 Å². The smallest absolute Gasteiger partial charge is 0.318 e. The van der Waals surface area contributed by atoms with Gasteiger partial charge in [0.2, 0.25) is 0 Å². The van der Waals surface area contributed by atoms with E-state index in [1.165, 1.54) is 7.11 Å². The van der Waals surface area contributed by atoms with Crippen LogP contribution in [0, 0.1) is 0 Å². The van der Waals surface area contributed by atoms with Crippen LogP contribution in [0.25, 0.3) is 11.0 Å². The lowest BCUT2D eigenvalue weighted by Gasteiger charge is -2.38. The number of nitrogens with one attached hydrogen (secondary N) is 3. The number of urea groups is 1. The first-order chi connectivity index (χ1) is 19.2. The van der Waals surface area contributed by atoms with E-state index in [2.05, 4.69) is 25.9 Å². The third-order valence-electron chi connectivity index (χ3n) is 7.45. The van der Waals surface area contributed by atoms with E-state index < -0.39 is 49.1 Å². The maximum atomic E-state index is 14.2. The van der Waals surface area contributed by atoms with Crippen molar-refractivity contribution >= 4 is 23.0 Å². The van der Waals surface area contributed by atoms with E-state index in [9.17, 15) is 18.4 Å². The lowest BCUT2D eigenvalue weighted by molar-refractivity contribution is -0.0509. The number of alkyl halides is 2. The zero-order valence-electron chi connectivity index (χ0n) is 22.2. The number of carbonyl (C=O) groups is 2. The first-order valence-corrected chi connectivity index (χ1v) is 13.4. The molecule has 6 rings (SSSR count). The molecule has 1 saturated heterocycles. The molecule has 40 heavy (non-hydrogen) atoms. The highest BCUT2D eigenvalue weighted by molar-refractivity contribution is 5.93. The van der Waals surface area contributed by atoms with Gasteiger partial charge < -0.3 is 30.0 Å². The zero-order chi connectivity index (χ0) is 28.0. The van der Waals surface area contributed by atoms with Gasteiger partial charge in [-0.1, -0.05) is 11.2 Å². The number of rotatable bonds is 11. The van der Waals surface area contributed by atoms with E-state index in [0.29, 0.717) is 28.1 Å². The number of carbonyl (C=O) groups excluding carboxylic acids is 2. The Kier molecular flexibility index (Phi) is 6.90. The third kappa shape index (κ3) is 5.50. The average Bonchev–Trinajstić information content (AvgIpc) is 3.85. The Morgan fingerprint density at radius 1 is 1.27 bits per heavy atom. The Morgan fingerprint density at radius 2 is 2.08 bits per heavy atom. The lowest BCUT2D eigenvalue weighted by Crippen LogP contribution is -2.58. The summed E-state index contributed by atoms with van der Waals surface area (Å²) < 4.78 is 44.6. The van der Waals surface area contributed by atoms with Gasteiger partial charge in [-0.05, 0) is 55.5 Å². The van der Waals surface area contributed by atoms with Crippen LogP contribution in [-0.4, -0.2) is 82.1 Å². The van der Waals surface area contributed by atoms with Crippen molar-refractivity contribution in [2.75, 3.05) is 26.8 Å². The number of halogens is 2. The molecule has 12 nitrogen and oxygen atoms in total. The average molecular weight is 560 g/mol. The van der Waals surface area contributed by atoms with Crippen molar-refractivity contribution in [1.82, 2.24) is 35.8 Å². The summed E-state index contributed by atoms with van der Waals surface area (Å²) in [7, 11) is 1.45. The summed E-state index contributed by atoms with van der Waals surface area (Å²) in [6.07, 6.45) is 3.50. The zero-order valence-corrected chi connectivity index (χ0v) is 22.2. The molecule has 1 aromatic carbocycles. The summed E-state index contributed by atoms with van der Waals surface area (Å²) in [6.45, 7) is 0.471. The fourth-order valence-corrected chi connectivity index (χ4v) is 5.04. The summed E-state index contributed by atoms with van der Waals surface area (Å²) in [4.78, 5) is 34.8. The van der Waals surface area contributed by atoms with E-state index in [1.807, 2.05) is 6.92 Å². The highest BCUT2D eigenvalue weighted by atomic mass is 19.3. The van der Waals surface area contributed by atoms with Crippen LogP contribution < -0.4 is 10.6 Å².